The molecule has 1 amide bonds. The zero-order valence-electron chi connectivity index (χ0n) is 20.3. The maximum Gasteiger partial charge on any atom is 0.266 e. The second-order valence-corrected chi connectivity index (χ2v) is 10.4. The Hall–Kier alpha value is -2.73. The Morgan fingerprint density at radius 3 is 2.15 bits per heavy atom. The van der Waals surface area contributed by atoms with E-state index in [9.17, 15) is 4.79 Å². The largest absolute Gasteiger partial charge is 0.372 e. The highest BCUT2D eigenvalue weighted by molar-refractivity contribution is 8.18. The van der Waals surface area contributed by atoms with Crippen molar-refractivity contribution in [3.63, 3.8) is 0 Å². The number of carbonyl (C=O) groups is 1. The van der Waals surface area contributed by atoms with Crippen molar-refractivity contribution in [3.8, 4) is 0 Å². The topological polar surface area (TPSA) is 39.2 Å². The molecule has 0 atom stereocenters. The Kier molecular flexibility index (Phi) is 6.95. The van der Waals surface area contributed by atoms with E-state index in [-0.39, 0.29) is 5.91 Å². The third kappa shape index (κ3) is 4.88. The lowest BCUT2D eigenvalue weighted by Gasteiger charge is -2.28. The molecule has 0 aliphatic carbocycles. The molecule has 3 aliphatic heterocycles. The molecule has 0 radical (unpaired) electrons. The van der Waals surface area contributed by atoms with Gasteiger partial charge >= 0.3 is 0 Å². The number of piperidine rings is 1. The Bertz CT molecular complexity index is 1100. The molecule has 2 aromatic carbocycles. The molecule has 6 heteroatoms. The maximum atomic E-state index is 13.1. The van der Waals surface area contributed by atoms with Gasteiger partial charge in [0.1, 0.15) is 0 Å². The summed E-state index contributed by atoms with van der Waals surface area (Å²) in [6.07, 6.45) is 8.44. The molecule has 0 N–H and O–H groups in total. The standard InChI is InChI=1S/C28H34N4OS/c1-3-32-27(33)26(20-22-9-12-25(19-21(22)2)31-17-7-8-18-31)34-28(32)29-23-10-13-24(14-11-23)30-15-5-4-6-16-30/h9-14,19-20H,3-8,15-18H2,1-2H3/b26-20-,29-28?. The van der Waals surface area contributed by atoms with Crippen molar-refractivity contribution < 1.29 is 4.79 Å². The van der Waals surface area contributed by atoms with E-state index in [2.05, 4.69) is 59.2 Å². The smallest absolute Gasteiger partial charge is 0.266 e. The third-order valence-corrected chi connectivity index (χ3v) is 8.02. The highest BCUT2D eigenvalue weighted by atomic mass is 32.2. The summed E-state index contributed by atoms with van der Waals surface area (Å²) in [6.45, 7) is 9.29. The van der Waals surface area contributed by atoms with Crippen molar-refractivity contribution in [2.75, 3.05) is 42.5 Å². The number of hydrogen-bond acceptors (Lipinski definition) is 5. The molecule has 5 rings (SSSR count). The van der Waals surface area contributed by atoms with Crippen LogP contribution in [0.2, 0.25) is 0 Å². The number of hydrogen-bond donors (Lipinski definition) is 0. The van der Waals surface area contributed by atoms with E-state index in [4.69, 9.17) is 4.99 Å². The van der Waals surface area contributed by atoms with Crippen LogP contribution in [-0.2, 0) is 4.79 Å². The summed E-state index contributed by atoms with van der Waals surface area (Å²) < 4.78 is 0. The molecule has 3 heterocycles. The van der Waals surface area contributed by atoms with Gasteiger partial charge in [0.2, 0.25) is 0 Å². The second-order valence-electron chi connectivity index (χ2n) is 9.35. The van der Waals surface area contributed by atoms with Gasteiger partial charge in [0, 0.05) is 44.1 Å². The van der Waals surface area contributed by atoms with Crippen molar-refractivity contribution in [1.82, 2.24) is 4.90 Å². The van der Waals surface area contributed by atoms with Crippen LogP contribution in [0.5, 0.6) is 0 Å². The fourth-order valence-electron chi connectivity index (χ4n) is 5.01. The Morgan fingerprint density at radius 1 is 0.882 bits per heavy atom. The molecule has 3 saturated heterocycles. The average molecular weight is 475 g/mol. The molecular formula is C28H34N4OS. The van der Waals surface area contributed by atoms with Gasteiger partial charge in [-0.3, -0.25) is 9.69 Å². The van der Waals surface area contributed by atoms with Gasteiger partial charge < -0.3 is 9.80 Å². The van der Waals surface area contributed by atoms with Gasteiger partial charge in [0.05, 0.1) is 10.6 Å². The van der Waals surface area contributed by atoms with Crippen LogP contribution in [0.1, 0.15) is 50.2 Å². The number of benzene rings is 2. The number of aliphatic imine (C=N–C) groups is 1. The molecule has 0 bridgehead atoms. The fraction of sp³-hybridized carbons (Fsp3) is 0.429. The highest BCUT2D eigenvalue weighted by Gasteiger charge is 2.32. The molecule has 3 aliphatic rings. The van der Waals surface area contributed by atoms with Gasteiger partial charge in [-0.1, -0.05) is 6.07 Å². The van der Waals surface area contributed by atoms with Gasteiger partial charge in [-0.2, -0.15) is 0 Å². The third-order valence-electron chi connectivity index (χ3n) is 7.01. The van der Waals surface area contributed by atoms with Crippen LogP contribution in [0.4, 0.5) is 17.1 Å². The van der Waals surface area contributed by atoms with E-state index in [1.165, 1.54) is 60.8 Å². The molecule has 0 unspecified atom stereocenters. The van der Waals surface area contributed by atoms with E-state index in [1.807, 2.05) is 13.0 Å². The molecule has 2 aromatic rings. The number of aryl methyl sites for hydroxylation is 1. The van der Waals surface area contributed by atoms with Gasteiger partial charge in [0.15, 0.2) is 5.17 Å². The lowest BCUT2D eigenvalue weighted by atomic mass is 10.1. The van der Waals surface area contributed by atoms with Crippen LogP contribution >= 0.6 is 11.8 Å². The molecule has 5 nitrogen and oxygen atoms in total. The first kappa shape index (κ1) is 23.0. The number of likely N-dealkylation sites (N-methyl/N-ethyl adjacent to an activating group) is 1. The van der Waals surface area contributed by atoms with Crippen molar-refractivity contribution in [2.24, 2.45) is 4.99 Å². The lowest BCUT2D eigenvalue weighted by Crippen LogP contribution is -2.29. The number of amides is 1. The quantitative estimate of drug-likeness (QED) is 0.483. The summed E-state index contributed by atoms with van der Waals surface area (Å²) in [4.78, 5) is 25.4. The van der Waals surface area contributed by atoms with Crippen LogP contribution in [0.3, 0.4) is 0 Å². The minimum Gasteiger partial charge on any atom is -0.372 e. The molecule has 3 fully saturated rings. The number of rotatable bonds is 5. The predicted octanol–water partition coefficient (Wildman–Crippen LogP) is 6.21. The fourth-order valence-corrected chi connectivity index (χ4v) is 6.06. The van der Waals surface area contributed by atoms with Crippen LogP contribution in [0.15, 0.2) is 52.4 Å². The van der Waals surface area contributed by atoms with Crippen molar-refractivity contribution in [3.05, 3.63) is 58.5 Å². The van der Waals surface area contributed by atoms with Crippen molar-refractivity contribution >= 4 is 46.0 Å². The van der Waals surface area contributed by atoms with Crippen LogP contribution in [-0.4, -0.2) is 48.7 Å². The van der Waals surface area contributed by atoms with E-state index in [1.54, 1.807) is 4.90 Å². The van der Waals surface area contributed by atoms with E-state index >= 15 is 0 Å². The summed E-state index contributed by atoms with van der Waals surface area (Å²) in [5.74, 6) is 0.0409. The van der Waals surface area contributed by atoms with Crippen molar-refractivity contribution in [2.45, 2.75) is 46.0 Å². The predicted molar refractivity (Wildman–Crippen MR) is 145 cm³/mol. The minimum atomic E-state index is 0.0409. The van der Waals surface area contributed by atoms with E-state index in [0.29, 0.717) is 6.54 Å². The molecule has 34 heavy (non-hydrogen) atoms. The summed E-state index contributed by atoms with van der Waals surface area (Å²) >= 11 is 1.48. The SMILES string of the molecule is CCN1C(=O)/C(=C/c2ccc(N3CCCC3)cc2C)SC1=Nc1ccc(N2CCCCC2)cc1. The number of amidine groups is 1. The summed E-state index contributed by atoms with van der Waals surface area (Å²) in [6, 6.07) is 15.0. The first-order valence-electron chi connectivity index (χ1n) is 12.6. The minimum absolute atomic E-state index is 0.0409. The van der Waals surface area contributed by atoms with E-state index < -0.39 is 0 Å². The first-order valence-corrected chi connectivity index (χ1v) is 13.4. The van der Waals surface area contributed by atoms with Crippen molar-refractivity contribution in [1.29, 1.82) is 0 Å². The monoisotopic (exact) mass is 474 g/mol. The summed E-state index contributed by atoms with van der Waals surface area (Å²) in [7, 11) is 0. The zero-order valence-corrected chi connectivity index (χ0v) is 21.1. The average Bonchev–Trinajstić information content (AvgIpc) is 3.50. The Balaban J connectivity index is 1.34. The Labute approximate surface area is 207 Å². The van der Waals surface area contributed by atoms with Gasteiger partial charge in [-0.25, -0.2) is 4.99 Å². The normalized spacial score (nSPS) is 21.4. The second kappa shape index (κ2) is 10.3. The van der Waals surface area contributed by atoms with Crippen LogP contribution in [0, 0.1) is 6.92 Å². The number of carbonyl (C=O) groups excluding carboxylic acids is 1. The van der Waals surface area contributed by atoms with Gasteiger partial charge in [-0.05, 0) is 111 Å². The zero-order chi connectivity index (χ0) is 23.5. The highest BCUT2D eigenvalue weighted by Crippen LogP contribution is 2.35. The molecule has 0 aromatic heterocycles. The Morgan fingerprint density at radius 2 is 1.50 bits per heavy atom. The summed E-state index contributed by atoms with van der Waals surface area (Å²) in [5, 5.41) is 0.760. The molecule has 0 spiro atoms. The van der Waals surface area contributed by atoms with Gasteiger partial charge in [-0.15, -0.1) is 0 Å². The van der Waals surface area contributed by atoms with E-state index in [0.717, 1.165) is 47.5 Å². The number of nitrogens with zero attached hydrogens (tertiary/aromatic N) is 4. The number of thioether (sulfide) groups is 1. The van der Waals surface area contributed by atoms with Gasteiger partial charge in [0.25, 0.3) is 5.91 Å². The summed E-state index contributed by atoms with van der Waals surface area (Å²) in [5.41, 5.74) is 5.74. The number of anilines is 2. The lowest BCUT2D eigenvalue weighted by molar-refractivity contribution is -0.122. The van der Waals surface area contributed by atoms with Crippen LogP contribution < -0.4 is 9.80 Å². The molecule has 178 valence electrons. The molecule has 0 saturated carbocycles. The first-order chi connectivity index (χ1) is 16.6. The molecular weight excluding hydrogens is 440 g/mol. The maximum absolute atomic E-state index is 13.1. The van der Waals surface area contributed by atoms with Crippen LogP contribution in [0.25, 0.3) is 6.08 Å².